The monoisotopic (exact) mass is 368 g/mol. The van der Waals surface area contributed by atoms with Crippen LogP contribution in [0.4, 0.5) is 11.1 Å². The van der Waals surface area contributed by atoms with Gasteiger partial charge in [-0.15, -0.1) is 0 Å². The van der Waals surface area contributed by atoms with Gasteiger partial charge in [-0.1, -0.05) is 79.6 Å². The molecule has 0 saturated carbocycles. The fraction of sp³-hybridized carbons (Fsp3) is 0.900. The van der Waals surface area contributed by atoms with Crippen molar-refractivity contribution in [3.8, 4) is 0 Å². The SMILES string of the molecule is CCCCCCCCCCNc1nsc(N(CC(C)C)CC(C)C)n1. The topological polar surface area (TPSA) is 41.1 Å². The van der Waals surface area contributed by atoms with Crippen molar-refractivity contribution >= 4 is 22.6 Å². The maximum atomic E-state index is 4.71. The lowest BCUT2D eigenvalue weighted by Gasteiger charge is -2.25. The van der Waals surface area contributed by atoms with Gasteiger partial charge in [0.1, 0.15) is 0 Å². The molecule has 25 heavy (non-hydrogen) atoms. The van der Waals surface area contributed by atoms with Crippen LogP contribution in [0.1, 0.15) is 86.0 Å². The predicted molar refractivity (Wildman–Crippen MR) is 113 cm³/mol. The molecule has 4 nitrogen and oxygen atoms in total. The first-order valence-corrected chi connectivity index (χ1v) is 11.1. The maximum Gasteiger partial charge on any atom is 0.236 e. The van der Waals surface area contributed by atoms with Gasteiger partial charge in [-0.3, -0.25) is 0 Å². The molecule has 1 rings (SSSR count). The lowest BCUT2D eigenvalue weighted by Crippen LogP contribution is -2.31. The zero-order chi connectivity index (χ0) is 18.5. The first-order chi connectivity index (χ1) is 12.0. The van der Waals surface area contributed by atoms with Crippen LogP contribution in [0.5, 0.6) is 0 Å². The van der Waals surface area contributed by atoms with Gasteiger partial charge in [0.05, 0.1) is 0 Å². The van der Waals surface area contributed by atoms with Crippen molar-refractivity contribution in [3.05, 3.63) is 0 Å². The summed E-state index contributed by atoms with van der Waals surface area (Å²) in [5.41, 5.74) is 0. The number of nitrogens with one attached hydrogen (secondary N) is 1. The van der Waals surface area contributed by atoms with E-state index in [1.807, 2.05) is 0 Å². The Kier molecular flexibility index (Phi) is 11.9. The summed E-state index contributed by atoms with van der Waals surface area (Å²) in [6.07, 6.45) is 10.8. The van der Waals surface area contributed by atoms with E-state index in [4.69, 9.17) is 4.98 Å². The number of hydrogen-bond acceptors (Lipinski definition) is 5. The van der Waals surface area contributed by atoms with Crippen LogP contribution < -0.4 is 10.2 Å². The van der Waals surface area contributed by atoms with Crippen LogP contribution in [-0.4, -0.2) is 29.0 Å². The van der Waals surface area contributed by atoms with Gasteiger partial charge in [-0.05, 0) is 18.3 Å². The van der Waals surface area contributed by atoms with E-state index in [1.54, 1.807) is 0 Å². The molecule has 0 radical (unpaired) electrons. The molecule has 0 unspecified atom stereocenters. The van der Waals surface area contributed by atoms with Crippen molar-refractivity contribution in [2.45, 2.75) is 86.0 Å². The van der Waals surface area contributed by atoms with Crippen molar-refractivity contribution in [2.24, 2.45) is 11.8 Å². The lowest BCUT2D eigenvalue weighted by atomic mass is 10.1. The molecule has 0 aliphatic carbocycles. The Balaban J connectivity index is 2.25. The standard InChI is InChI=1S/C20H40N4S/c1-6-7-8-9-10-11-12-13-14-21-19-22-20(25-23-19)24(15-17(2)3)16-18(4)5/h17-18H,6-16H2,1-5H3,(H,21,23). The van der Waals surface area contributed by atoms with E-state index in [0.717, 1.165) is 30.7 Å². The van der Waals surface area contributed by atoms with E-state index in [0.29, 0.717) is 11.8 Å². The molecule has 0 aliphatic heterocycles. The summed E-state index contributed by atoms with van der Waals surface area (Å²) < 4.78 is 4.50. The van der Waals surface area contributed by atoms with Crippen molar-refractivity contribution in [1.29, 1.82) is 0 Å². The summed E-state index contributed by atoms with van der Waals surface area (Å²) in [4.78, 5) is 7.09. The van der Waals surface area contributed by atoms with Crippen molar-refractivity contribution in [3.63, 3.8) is 0 Å². The largest absolute Gasteiger partial charge is 0.353 e. The number of unbranched alkanes of at least 4 members (excludes halogenated alkanes) is 7. The van der Waals surface area contributed by atoms with Gasteiger partial charge < -0.3 is 10.2 Å². The van der Waals surface area contributed by atoms with Gasteiger partial charge in [0.25, 0.3) is 0 Å². The molecule has 0 bridgehead atoms. The van der Waals surface area contributed by atoms with Crippen molar-refractivity contribution in [2.75, 3.05) is 29.9 Å². The molecule has 1 heterocycles. The van der Waals surface area contributed by atoms with Crippen LogP contribution in [0.15, 0.2) is 0 Å². The number of aromatic nitrogens is 2. The van der Waals surface area contributed by atoms with E-state index in [1.165, 1.54) is 62.9 Å². The third-order valence-corrected chi connectivity index (χ3v) is 4.95. The van der Waals surface area contributed by atoms with E-state index in [9.17, 15) is 0 Å². The summed E-state index contributed by atoms with van der Waals surface area (Å²) in [5, 5.41) is 4.46. The van der Waals surface area contributed by atoms with Gasteiger partial charge in [0.2, 0.25) is 11.1 Å². The smallest absolute Gasteiger partial charge is 0.236 e. The summed E-state index contributed by atoms with van der Waals surface area (Å²) >= 11 is 1.52. The second kappa shape index (κ2) is 13.4. The van der Waals surface area contributed by atoms with Crippen LogP contribution >= 0.6 is 11.5 Å². The quantitative estimate of drug-likeness (QED) is 0.374. The lowest BCUT2D eigenvalue weighted by molar-refractivity contribution is 0.552. The molecular weight excluding hydrogens is 328 g/mol. The first-order valence-electron chi connectivity index (χ1n) is 10.4. The molecule has 0 saturated heterocycles. The van der Waals surface area contributed by atoms with Crippen LogP contribution in [0.25, 0.3) is 0 Å². The second-order valence-corrected chi connectivity index (χ2v) is 8.73. The number of nitrogens with zero attached hydrogens (tertiary/aromatic N) is 3. The molecule has 0 aliphatic rings. The number of hydrogen-bond donors (Lipinski definition) is 1. The summed E-state index contributed by atoms with van der Waals surface area (Å²) in [7, 11) is 0. The minimum Gasteiger partial charge on any atom is -0.353 e. The summed E-state index contributed by atoms with van der Waals surface area (Å²) in [6, 6.07) is 0. The fourth-order valence-electron chi connectivity index (χ4n) is 2.99. The average molecular weight is 369 g/mol. The summed E-state index contributed by atoms with van der Waals surface area (Å²) in [6.45, 7) is 14.4. The molecule has 0 atom stereocenters. The highest BCUT2D eigenvalue weighted by atomic mass is 32.1. The maximum absolute atomic E-state index is 4.71. The third-order valence-electron chi connectivity index (χ3n) is 4.17. The van der Waals surface area contributed by atoms with E-state index >= 15 is 0 Å². The Morgan fingerprint density at radius 1 is 0.880 bits per heavy atom. The van der Waals surface area contributed by atoms with Crippen molar-refractivity contribution in [1.82, 2.24) is 9.36 Å². The van der Waals surface area contributed by atoms with Crippen LogP contribution in [0.2, 0.25) is 0 Å². The van der Waals surface area contributed by atoms with Gasteiger partial charge in [-0.25, -0.2) is 0 Å². The average Bonchev–Trinajstić information content (AvgIpc) is 3.01. The normalized spacial score (nSPS) is 11.5. The highest BCUT2D eigenvalue weighted by Crippen LogP contribution is 2.22. The van der Waals surface area contributed by atoms with Crippen LogP contribution in [-0.2, 0) is 0 Å². The minimum absolute atomic E-state index is 0.636. The van der Waals surface area contributed by atoms with Gasteiger partial charge in [-0.2, -0.15) is 9.36 Å². The molecule has 0 aromatic carbocycles. The molecule has 0 spiro atoms. The molecule has 1 aromatic heterocycles. The van der Waals surface area contributed by atoms with Gasteiger partial charge in [0, 0.05) is 31.2 Å². The Bertz CT molecular complexity index is 421. The summed E-state index contributed by atoms with van der Waals surface area (Å²) in [5.74, 6) is 2.08. The molecule has 146 valence electrons. The molecule has 1 aromatic rings. The molecular formula is C20H40N4S. The Morgan fingerprint density at radius 3 is 2.00 bits per heavy atom. The molecule has 0 amide bonds. The van der Waals surface area contributed by atoms with Crippen LogP contribution in [0.3, 0.4) is 0 Å². The first kappa shape index (κ1) is 22.2. The van der Waals surface area contributed by atoms with E-state index in [-0.39, 0.29) is 0 Å². The fourth-order valence-corrected chi connectivity index (χ4v) is 3.65. The Morgan fingerprint density at radius 2 is 1.44 bits per heavy atom. The highest BCUT2D eigenvalue weighted by molar-refractivity contribution is 7.09. The molecule has 5 heteroatoms. The number of anilines is 2. The van der Waals surface area contributed by atoms with E-state index in [2.05, 4.69) is 49.2 Å². The minimum atomic E-state index is 0.636. The van der Waals surface area contributed by atoms with Gasteiger partial charge in [0.15, 0.2) is 0 Å². The Labute approximate surface area is 160 Å². The molecule has 1 N–H and O–H groups in total. The highest BCUT2D eigenvalue weighted by Gasteiger charge is 2.15. The Hall–Kier alpha value is -0.840. The predicted octanol–water partition coefficient (Wildman–Crippen LogP) is 6.21. The van der Waals surface area contributed by atoms with Gasteiger partial charge >= 0.3 is 0 Å². The zero-order valence-electron chi connectivity index (χ0n) is 17.2. The van der Waals surface area contributed by atoms with Crippen molar-refractivity contribution < 1.29 is 0 Å². The third kappa shape index (κ3) is 10.7. The van der Waals surface area contributed by atoms with E-state index < -0.39 is 0 Å². The van der Waals surface area contributed by atoms with Crippen LogP contribution in [0, 0.1) is 11.8 Å². The zero-order valence-corrected chi connectivity index (χ0v) is 18.0. The molecule has 0 fully saturated rings. The second-order valence-electron chi connectivity index (χ2n) is 7.99. The number of rotatable bonds is 15.